The highest BCUT2D eigenvalue weighted by molar-refractivity contribution is 5.98. The van der Waals surface area contributed by atoms with Crippen LogP contribution in [0.5, 0.6) is 17.2 Å². The van der Waals surface area contributed by atoms with Crippen LogP contribution < -0.4 is 14.2 Å². The first-order chi connectivity index (χ1) is 12.9. The van der Waals surface area contributed by atoms with Crippen molar-refractivity contribution in [2.75, 3.05) is 27.5 Å². The Bertz CT molecular complexity index is 919. The Hall–Kier alpha value is -2.54. The number of methoxy groups -OCH3 is 1. The summed E-state index contributed by atoms with van der Waals surface area (Å²) in [4.78, 5) is 15.4. The minimum absolute atomic E-state index is 0.0790. The Morgan fingerprint density at radius 3 is 2.78 bits per heavy atom. The van der Waals surface area contributed by atoms with Crippen LogP contribution in [0.3, 0.4) is 0 Å². The standard InChI is InChI=1S/C20H25N3O4/c1-11-17(12(2)23(4)21-11)15(24)9-14-18-13(6-7-22(14)3)8-16-19(20(18)25-5)27-10-26-16/h8,14H,6-7,9-10H2,1-5H3. The summed E-state index contributed by atoms with van der Waals surface area (Å²) in [6.07, 6.45) is 1.25. The molecule has 1 unspecified atom stereocenters. The van der Waals surface area contributed by atoms with E-state index >= 15 is 0 Å². The van der Waals surface area contributed by atoms with Gasteiger partial charge in [0.05, 0.1) is 18.4 Å². The van der Waals surface area contributed by atoms with Crippen molar-refractivity contribution in [3.05, 3.63) is 34.1 Å². The molecule has 3 heterocycles. The predicted molar refractivity (Wildman–Crippen MR) is 99.8 cm³/mol. The number of carbonyl (C=O) groups excluding carboxylic acids is 1. The van der Waals surface area contributed by atoms with Gasteiger partial charge < -0.3 is 14.2 Å². The van der Waals surface area contributed by atoms with Crippen LogP contribution in [-0.4, -0.2) is 48.0 Å². The van der Waals surface area contributed by atoms with E-state index in [1.807, 2.05) is 34.0 Å². The molecule has 0 spiro atoms. The molecule has 0 saturated carbocycles. The molecule has 0 saturated heterocycles. The van der Waals surface area contributed by atoms with Gasteiger partial charge in [0.1, 0.15) is 0 Å². The van der Waals surface area contributed by atoms with Gasteiger partial charge in [-0.1, -0.05) is 0 Å². The summed E-state index contributed by atoms with van der Waals surface area (Å²) < 4.78 is 18.7. The molecule has 2 aliphatic heterocycles. The highest BCUT2D eigenvalue weighted by Crippen LogP contribution is 2.50. The number of nitrogens with zero attached hydrogens (tertiary/aromatic N) is 3. The molecule has 27 heavy (non-hydrogen) atoms. The summed E-state index contributed by atoms with van der Waals surface area (Å²) in [6, 6.07) is 1.95. The zero-order valence-electron chi connectivity index (χ0n) is 16.5. The monoisotopic (exact) mass is 371 g/mol. The van der Waals surface area contributed by atoms with Gasteiger partial charge in [-0.2, -0.15) is 5.10 Å². The maximum Gasteiger partial charge on any atom is 0.231 e. The molecular weight excluding hydrogens is 346 g/mol. The Morgan fingerprint density at radius 2 is 2.11 bits per heavy atom. The number of carbonyl (C=O) groups is 1. The molecule has 4 rings (SSSR count). The van der Waals surface area contributed by atoms with Gasteiger partial charge in [0.25, 0.3) is 0 Å². The van der Waals surface area contributed by atoms with E-state index in [0.717, 1.165) is 46.8 Å². The number of hydrogen-bond acceptors (Lipinski definition) is 6. The molecular formula is C20H25N3O4. The van der Waals surface area contributed by atoms with Crippen molar-refractivity contribution < 1.29 is 19.0 Å². The van der Waals surface area contributed by atoms with E-state index < -0.39 is 0 Å². The molecule has 0 fully saturated rings. The van der Waals surface area contributed by atoms with Crippen LogP contribution in [0.2, 0.25) is 0 Å². The third-order valence-electron chi connectivity index (χ3n) is 5.71. The van der Waals surface area contributed by atoms with Crippen molar-refractivity contribution in [1.82, 2.24) is 14.7 Å². The molecule has 2 aromatic rings. The van der Waals surface area contributed by atoms with Gasteiger partial charge in [0, 0.05) is 37.3 Å². The van der Waals surface area contributed by atoms with Crippen molar-refractivity contribution in [2.24, 2.45) is 7.05 Å². The van der Waals surface area contributed by atoms with Gasteiger partial charge in [-0.3, -0.25) is 14.4 Å². The van der Waals surface area contributed by atoms with Crippen molar-refractivity contribution in [1.29, 1.82) is 0 Å². The Morgan fingerprint density at radius 1 is 1.33 bits per heavy atom. The molecule has 144 valence electrons. The first-order valence-electron chi connectivity index (χ1n) is 9.15. The summed E-state index contributed by atoms with van der Waals surface area (Å²) >= 11 is 0. The summed E-state index contributed by atoms with van der Waals surface area (Å²) in [5, 5.41) is 4.39. The second-order valence-electron chi connectivity index (χ2n) is 7.26. The molecule has 7 heteroatoms. The summed E-state index contributed by atoms with van der Waals surface area (Å²) in [5.74, 6) is 2.14. The second-order valence-corrected chi connectivity index (χ2v) is 7.26. The first-order valence-corrected chi connectivity index (χ1v) is 9.15. The van der Waals surface area contributed by atoms with E-state index in [0.29, 0.717) is 17.9 Å². The van der Waals surface area contributed by atoms with E-state index in [1.54, 1.807) is 11.8 Å². The number of likely N-dealkylation sites (N-methyl/N-ethyl adjacent to an activating group) is 1. The van der Waals surface area contributed by atoms with E-state index in [4.69, 9.17) is 14.2 Å². The zero-order valence-corrected chi connectivity index (χ0v) is 16.5. The van der Waals surface area contributed by atoms with Crippen molar-refractivity contribution >= 4 is 5.78 Å². The van der Waals surface area contributed by atoms with Crippen molar-refractivity contribution in [2.45, 2.75) is 32.7 Å². The lowest BCUT2D eigenvalue weighted by Gasteiger charge is -2.35. The Balaban J connectivity index is 1.75. The first kappa shape index (κ1) is 17.9. The van der Waals surface area contributed by atoms with Crippen LogP contribution in [0, 0.1) is 13.8 Å². The molecule has 0 bridgehead atoms. The van der Waals surface area contributed by atoms with Crippen LogP contribution in [0.1, 0.15) is 45.3 Å². The molecule has 2 aliphatic rings. The van der Waals surface area contributed by atoms with Gasteiger partial charge in [0.2, 0.25) is 12.5 Å². The van der Waals surface area contributed by atoms with E-state index in [-0.39, 0.29) is 18.6 Å². The lowest BCUT2D eigenvalue weighted by atomic mass is 9.87. The van der Waals surface area contributed by atoms with Gasteiger partial charge in [-0.15, -0.1) is 0 Å². The molecule has 1 aromatic heterocycles. The molecule has 1 atom stereocenters. The maximum atomic E-state index is 13.2. The van der Waals surface area contributed by atoms with Crippen LogP contribution in [0.4, 0.5) is 0 Å². The number of aryl methyl sites for hydroxylation is 2. The molecule has 0 N–H and O–H groups in total. The largest absolute Gasteiger partial charge is 0.492 e. The third-order valence-corrected chi connectivity index (χ3v) is 5.71. The zero-order chi connectivity index (χ0) is 19.3. The normalized spacial score (nSPS) is 18.5. The van der Waals surface area contributed by atoms with Gasteiger partial charge in [-0.25, -0.2) is 0 Å². The molecule has 0 aliphatic carbocycles. The van der Waals surface area contributed by atoms with Gasteiger partial charge in [-0.05, 0) is 38.9 Å². The fourth-order valence-electron chi connectivity index (χ4n) is 4.24. The lowest BCUT2D eigenvalue weighted by molar-refractivity contribution is 0.0924. The fraction of sp³-hybridized carbons (Fsp3) is 0.500. The number of rotatable bonds is 4. The number of benzene rings is 1. The minimum Gasteiger partial charge on any atom is -0.492 e. The third kappa shape index (κ3) is 2.77. The number of aromatic nitrogens is 2. The second kappa shape index (κ2) is 6.56. The fourth-order valence-corrected chi connectivity index (χ4v) is 4.24. The van der Waals surface area contributed by atoms with E-state index in [2.05, 4.69) is 10.00 Å². The summed E-state index contributed by atoms with van der Waals surface area (Å²) in [5.41, 5.74) is 4.58. The van der Waals surface area contributed by atoms with Gasteiger partial charge in [0.15, 0.2) is 17.3 Å². The topological polar surface area (TPSA) is 65.8 Å². The number of ether oxygens (including phenoxy) is 3. The van der Waals surface area contributed by atoms with E-state index in [1.165, 1.54) is 0 Å². The molecule has 0 radical (unpaired) electrons. The lowest BCUT2D eigenvalue weighted by Crippen LogP contribution is -2.34. The molecule has 1 aromatic carbocycles. The average molecular weight is 371 g/mol. The number of Topliss-reactive ketones (excluding diaryl/α,β-unsaturated/α-hetero) is 1. The van der Waals surface area contributed by atoms with Crippen LogP contribution in [-0.2, 0) is 13.5 Å². The van der Waals surface area contributed by atoms with E-state index in [9.17, 15) is 4.79 Å². The smallest absolute Gasteiger partial charge is 0.231 e. The Labute approximate surface area is 158 Å². The maximum absolute atomic E-state index is 13.2. The summed E-state index contributed by atoms with van der Waals surface area (Å²) in [7, 11) is 5.55. The van der Waals surface area contributed by atoms with Crippen molar-refractivity contribution in [3.8, 4) is 17.2 Å². The SMILES string of the molecule is COc1c2c(cc3c1C(CC(=O)c1c(C)nn(C)c1C)N(C)CC3)OCO2. The quantitative estimate of drug-likeness (QED) is 0.770. The predicted octanol–water partition coefficient (Wildman–Crippen LogP) is 2.58. The van der Waals surface area contributed by atoms with Crippen LogP contribution in [0.25, 0.3) is 0 Å². The van der Waals surface area contributed by atoms with Gasteiger partial charge >= 0.3 is 0 Å². The van der Waals surface area contributed by atoms with Crippen LogP contribution >= 0.6 is 0 Å². The minimum atomic E-state index is -0.0790. The highest BCUT2D eigenvalue weighted by atomic mass is 16.7. The molecule has 0 amide bonds. The number of hydrogen-bond donors (Lipinski definition) is 0. The van der Waals surface area contributed by atoms with Crippen LogP contribution in [0.15, 0.2) is 6.07 Å². The number of fused-ring (bicyclic) bond motifs is 2. The summed E-state index contributed by atoms with van der Waals surface area (Å²) in [6.45, 7) is 4.89. The Kier molecular flexibility index (Phi) is 4.34. The molecule has 7 nitrogen and oxygen atoms in total. The van der Waals surface area contributed by atoms with Crippen molar-refractivity contribution in [3.63, 3.8) is 0 Å². The average Bonchev–Trinajstić information content (AvgIpc) is 3.19. The number of ketones is 1. The highest BCUT2D eigenvalue weighted by Gasteiger charge is 2.35.